The van der Waals surface area contributed by atoms with Crippen LogP contribution in [0.15, 0.2) is 18.2 Å². The standard InChI is InChI=1S/C8H10O6S/c1-13-8-4-6(5-9)2-3-7(8)14-15(10,11)12/h2-4,9H,5H2,1H3,(H,10,11,12). The van der Waals surface area contributed by atoms with Gasteiger partial charge in [0.25, 0.3) is 0 Å². The van der Waals surface area contributed by atoms with Gasteiger partial charge in [0.1, 0.15) is 0 Å². The Hall–Kier alpha value is -1.31. The normalized spacial score (nSPS) is 11.1. The Morgan fingerprint density at radius 1 is 1.33 bits per heavy atom. The molecular weight excluding hydrogens is 224 g/mol. The largest absolute Gasteiger partial charge is 0.493 e. The van der Waals surface area contributed by atoms with Gasteiger partial charge in [0, 0.05) is 0 Å². The Balaban J connectivity index is 3.08. The molecular formula is C8H10O6S. The van der Waals surface area contributed by atoms with Crippen LogP contribution >= 0.6 is 0 Å². The van der Waals surface area contributed by atoms with Crippen molar-refractivity contribution < 1.29 is 27.0 Å². The molecule has 1 aromatic rings. The Kier molecular flexibility index (Phi) is 3.51. The predicted octanol–water partition coefficient (Wildman–Crippen LogP) is 0.369. The van der Waals surface area contributed by atoms with Gasteiger partial charge in [0.05, 0.1) is 13.7 Å². The molecule has 1 rings (SSSR count). The predicted molar refractivity (Wildman–Crippen MR) is 51.1 cm³/mol. The van der Waals surface area contributed by atoms with Crippen molar-refractivity contribution in [3.63, 3.8) is 0 Å². The molecule has 0 saturated carbocycles. The van der Waals surface area contributed by atoms with Crippen LogP contribution in [0.3, 0.4) is 0 Å². The molecule has 0 radical (unpaired) electrons. The average Bonchev–Trinajstić information content (AvgIpc) is 2.16. The van der Waals surface area contributed by atoms with Crippen LogP contribution in [0.5, 0.6) is 11.5 Å². The molecule has 0 saturated heterocycles. The zero-order valence-corrected chi connectivity index (χ0v) is 8.69. The maximum Gasteiger partial charge on any atom is 0.446 e. The molecule has 2 N–H and O–H groups in total. The van der Waals surface area contributed by atoms with Crippen molar-refractivity contribution in [3.05, 3.63) is 23.8 Å². The lowest BCUT2D eigenvalue weighted by atomic mass is 10.2. The van der Waals surface area contributed by atoms with Gasteiger partial charge in [-0.05, 0) is 17.7 Å². The summed E-state index contributed by atoms with van der Waals surface area (Å²) in [6, 6.07) is 4.13. The van der Waals surface area contributed by atoms with Gasteiger partial charge in [-0.1, -0.05) is 6.07 Å². The number of hydrogen-bond donors (Lipinski definition) is 2. The van der Waals surface area contributed by atoms with E-state index >= 15 is 0 Å². The minimum Gasteiger partial charge on any atom is -0.493 e. The number of methoxy groups -OCH3 is 1. The summed E-state index contributed by atoms with van der Waals surface area (Å²) in [7, 11) is -3.26. The zero-order valence-electron chi connectivity index (χ0n) is 7.87. The topological polar surface area (TPSA) is 93.1 Å². The summed E-state index contributed by atoms with van der Waals surface area (Å²) in [5.74, 6) is -0.0311. The lowest BCUT2D eigenvalue weighted by Gasteiger charge is -2.08. The minimum absolute atomic E-state index is 0.110. The van der Waals surface area contributed by atoms with Crippen LogP contribution in [0, 0.1) is 0 Å². The maximum absolute atomic E-state index is 10.5. The highest BCUT2D eigenvalue weighted by Crippen LogP contribution is 2.28. The summed E-state index contributed by atoms with van der Waals surface area (Å²) < 4.78 is 38.4. The van der Waals surface area contributed by atoms with E-state index < -0.39 is 10.4 Å². The first kappa shape index (κ1) is 11.8. The monoisotopic (exact) mass is 234 g/mol. The van der Waals surface area contributed by atoms with E-state index in [0.29, 0.717) is 5.56 Å². The van der Waals surface area contributed by atoms with E-state index in [-0.39, 0.29) is 18.1 Å². The van der Waals surface area contributed by atoms with Gasteiger partial charge in [0.15, 0.2) is 11.5 Å². The lowest BCUT2D eigenvalue weighted by molar-refractivity contribution is 0.280. The number of benzene rings is 1. The van der Waals surface area contributed by atoms with Crippen LogP contribution in [0.1, 0.15) is 5.56 Å². The highest BCUT2D eigenvalue weighted by atomic mass is 32.3. The van der Waals surface area contributed by atoms with Crippen molar-refractivity contribution in [2.75, 3.05) is 7.11 Å². The molecule has 1 aromatic carbocycles. The van der Waals surface area contributed by atoms with Crippen molar-refractivity contribution >= 4 is 10.4 Å². The van der Waals surface area contributed by atoms with Gasteiger partial charge in [-0.25, -0.2) is 0 Å². The first-order valence-corrected chi connectivity index (χ1v) is 5.27. The quantitative estimate of drug-likeness (QED) is 0.731. The van der Waals surface area contributed by atoms with E-state index in [1.165, 1.54) is 25.3 Å². The lowest BCUT2D eigenvalue weighted by Crippen LogP contribution is -2.07. The Bertz CT molecular complexity index is 438. The van der Waals surface area contributed by atoms with Gasteiger partial charge < -0.3 is 14.0 Å². The van der Waals surface area contributed by atoms with E-state index in [2.05, 4.69) is 4.18 Å². The van der Waals surface area contributed by atoms with Crippen molar-refractivity contribution in [3.8, 4) is 11.5 Å². The van der Waals surface area contributed by atoms with Gasteiger partial charge in [-0.15, -0.1) is 0 Å². The molecule has 15 heavy (non-hydrogen) atoms. The molecule has 84 valence electrons. The SMILES string of the molecule is COc1cc(CO)ccc1OS(=O)(=O)O. The highest BCUT2D eigenvalue weighted by Gasteiger charge is 2.12. The summed E-state index contributed by atoms with van der Waals surface area (Å²) in [6.07, 6.45) is 0. The Morgan fingerprint density at radius 2 is 2.00 bits per heavy atom. The van der Waals surface area contributed by atoms with Gasteiger partial charge in [-0.3, -0.25) is 4.55 Å². The molecule has 0 aliphatic rings. The van der Waals surface area contributed by atoms with Crippen LogP contribution in [0.2, 0.25) is 0 Å². The number of hydrogen-bond acceptors (Lipinski definition) is 5. The van der Waals surface area contributed by atoms with Gasteiger partial charge >= 0.3 is 10.4 Å². The van der Waals surface area contributed by atoms with E-state index in [9.17, 15) is 8.42 Å². The van der Waals surface area contributed by atoms with Crippen molar-refractivity contribution in [1.82, 2.24) is 0 Å². The van der Waals surface area contributed by atoms with Crippen molar-refractivity contribution in [2.24, 2.45) is 0 Å². The Labute approximate surface area is 87.0 Å². The summed E-state index contributed by atoms with van der Waals surface area (Å²) in [5.41, 5.74) is 0.537. The molecule has 0 aromatic heterocycles. The van der Waals surface area contributed by atoms with Crippen LogP contribution < -0.4 is 8.92 Å². The van der Waals surface area contributed by atoms with Crippen LogP contribution in [-0.4, -0.2) is 25.2 Å². The molecule has 0 atom stereocenters. The maximum atomic E-state index is 10.5. The molecule has 0 bridgehead atoms. The van der Waals surface area contributed by atoms with E-state index in [0.717, 1.165) is 0 Å². The average molecular weight is 234 g/mol. The van der Waals surface area contributed by atoms with Gasteiger partial charge in [0.2, 0.25) is 0 Å². The molecule has 0 fully saturated rings. The van der Waals surface area contributed by atoms with E-state index in [4.69, 9.17) is 14.4 Å². The van der Waals surface area contributed by atoms with E-state index in [1.807, 2.05) is 0 Å². The summed E-state index contributed by atoms with van der Waals surface area (Å²) >= 11 is 0. The first-order valence-electron chi connectivity index (χ1n) is 3.91. The fourth-order valence-electron chi connectivity index (χ4n) is 0.993. The van der Waals surface area contributed by atoms with Crippen molar-refractivity contribution in [2.45, 2.75) is 6.61 Å². The highest BCUT2D eigenvalue weighted by molar-refractivity contribution is 7.81. The minimum atomic E-state index is -4.57. The molecule has 7 heteroatoms. The molecule has 0 spiro atoms. The van der Waals surface area contributed by atoms with Crippen LogP contribution in [-0.2, 0) is 17.0 Å². The summed E-state index contributed by atoms with van der Waals surface area (Å²) in [6.45, 7) is -0.206. The smallest absolute Gasteiger partial charge is 0.446 e. The third-order valence-electron chi connectivity index (χ3n) is 1.61. The molecule has 0 amide bonds. The first-order chi connectivity index (χ1) is 6.96. The molecule has 0 aliphatic carbocycles. The fourth-order valence-corrected chi connectivity index (χ4v) is 1.36. The molecule has 0 aliphatic heterocycles. The fraction of sp³-hybridized carbons (Fsp3) is 0.250. The Morgan fingerprint density at radius 3 is 2.47 bits per heavy atom. The molecule has 0 unspecified atom stereocenters. The van der Waals surface area contributed by atoms with E-state index in [1.54, 1.807) is 0 Å². The number of ether oxygens (including phenoxy) is 1. The second kappa shape index (κ2) is 4.47. The number of aliphatic hydroxyl groups excluding tert-OH is 1. The summed E-state index contributed by atoms with van der Waals surface area (Å²) in [4.78, 5) is 0. The second-order valence-corrected chi connectivity index (χ2v) is 3.68. The van der Waals surface area contributed by atoms with Crippen LogP contribution in [0.4, 0.5) is 0 Å². The zero-order chi connectivity index (χ0) is 11.5. The molecule has 0 heterocycles. The third kappa shape index (κ3) is 3.39. The summed E-state index contributed by atoms with van der Waals surface area (Å²) in [5, 5.41) is 8.82. The van der Waals surface area contributed by atoms with Gasteiger partial charge in [-0.2, -0.15) is 8.42 Å². The second-order valence-electron chi connectivity index (χ2n) is 2.65. The number of aliphatic hydroxyl groups is 1. The number of rotatable bonds is 4. The van der Waals surface area contributed by atoms with Crippen molar-refractivity contribution in [1.29, 1.82) is 0 Å². The molecule has 6 nitrogen and oxygen atoms in total. The third-order valence-corrected chi connectivity index (χ3v) is 2.00. The van der Waals surface area contributed by atoms with Crippen LogP contribution in [0.25, 0.3) is 0 Å².